The van der Waals surface area contributed by atoms with E-state index in [1.54, 1.807) is 0 Å². The number of fused-ring (bicyclic) bond motifs is 7. The van der Waals surface area contributed by atoms with E-state index in [9.17, 15) is 14.4 Å². The van der Waals surface area contributed by atoms with Gasteiger partial charge in [-0.05, 0) is 104 Å². The summed E-state index contributed by atoms with van der Waals surface area (Å²) in [4.78, 5) is 38.2. The number of carbonyl (C=O) groups excluding carboxylic acids is 3. The van der Waals surface area contributed by atoms with Gasteiger partial charge in [0.05, 0.1) is 0 Å². The first-order chi connectivity index (χ1) is 17.4. The summed E-state index contributed by atoms with van der Waals surface area (Å²) in [7, 11) is 0. The molecule has 2 amide bonds. The summed E-state index contributed by atoms with van der Waals surface area (Å²) in [5, 5.41) is 3.05. The maximum absolute atomic E-state index is 14.4. The Morgan fingerprint density at radius 1 is 0.947 bits per heavy atom. The first kappa shape index (κ1) is 27.7. The lowest BCUT2D eigenvalue weighted by Gasteiger charge is -2.70. The predicted octanol–water partition coefficient (Wildman–Crippen LogP) is 6.32. The van der Waals surface area contributed by atoms with Gasteiger partial charge in [-0.25, -0.2) is 4.79 Å². The predicted molar refractivity (Wildman–Crippen MR) is 148 cm³/mol. The van der Waals surface area contributed by atoms with Crippen LogP contribution in [-0.2, 0) is 14.3 Å². The van der Waals surface area contributed by atoms with Crippen molar-refractivity contribution >= 4 is 17.8 Å². The van der Waals surface area contributed by atoms with Gasteiger partial charge in [0.1, 0.15) is 6.10 Å². The lowest BCUT2D eigenvalue weighted by atomic mass is 9.33. The second-order valence-corrected chi connectivity index (χ2v) is 15.7. The SMILES string of the molecule is CC(=O)O[C@H]1CC[C@]2(C)[C@H]3C(=O)C=C4[C@@H]5C[C@@](C)(NC(N)=O)CC[C@]5(C)CC[C@@]4(C)[C@]3(C)CC[C@H]2C1(C)C. The van der Waals surface area contributed by atoms with E-state index in [-0.39, 0.29) is 56.5 Å². The molecule has 9 atom stereocenters. The van der Waals surface area contributed by atoms with Crippen LogP contribution in [0.5, 0.6) is 0 Å². The molecule has 5 rings (SSSR count). The van der Waals surface area contributed by atoms with Crippen molar-refractivity contribution in [3.8, 4) is 0 Å². The molecule has 0 heterocycles. The van der Waals surface area contributed by atoms with Crippen LogP contribution in [0.25, 0.3) is 0 Å². The van der Waals surface area contributed by atoms with Crippen LogP contribution in [0.2, 0.25) is 0 Å². The molecule has 212 valence electrons. The van der Waals surface area contributed by atoms with Gasteiger partial charge in [0.25, 0.3) is 0 Å². The Labute approximate surface area is 229 Å². The van der Waals surface area contributed by atoms with Crippen molar-refractivity contribution in [1.82, 2.24) is 5.32 Å². The molecule has 5 aliphatic carbocycles. The fraction of sp³-hybridized carbons (Fsp3) is 0.844. The summed E-state index contributed by atoms with van der Waals surface area (Å²) in [6, 6.07) is -0.464. The molecule has 0 spiro atoms. The van der Waals surface area contributed by atoms with Gasteiger partial charge in [0.2, 0.25) is 0 Å². The van der Waals surface area contributed by atoms with E-state index >= 15 is 0 Å². The Kier molecular flexibility index (Phi) is 6.07. The highest BCUT2D eigenvalue weighted by Crippen LogP contribution is 2.74. The molecule has 0 unspecified atom stereocenters. The molecule has 0 aromatic heterocycles. The molecule has 0 aromatic carbocycles. The molecule has 6 nitrogen and oxygen atoms in total. The zero-order chi connectivity index (χ0) is 28.1. The molecule has 5 aliphatic rings. The second kappa shape index (κ2) is 8.33. The van der Waals surface area contributed by atoms with Crippen molar-refractivity contribution in [2.45, 2.75) is 125 Å². The summed E-state index contributed by atoms with van der Waals surface area (Å²) in [6.07, 6.45) is 10.8. The van der Waals surface area contributed by atoms with Crippen LogP contribution in [0.3, 0.4) is 0 Å². The molecule has 0 bridgehead atoms. The number of nitrogens with two attached hydrogens (primary N) is 1. The third-order valence-corrected chi connectivity index (χ3v) is 13.2. The number of primary amides is 1. The summed E-state index contributed by atoms with van der Waals surface area (Å²) in [6.45, 7) is 17.8. The molecule has 0 saturated heterocycles. The van der Waals surface area contributed by atoms with Gasteiger partial charge < -0.3 is 15.8 Å². The number of hydrogen-bond donors (Lipinski definition) is 2. The van der Waals surface area contributed by atoms with Crippen LogP contribution in [-0.4, -0.2) is 29.4 Å². The molecule has 0 aromatic rings. The van der Waals surface area contributed by atoms with Gasteiger partial charge in [-0.3, -0.25) is 9.59 Å². The first-order valence-corrected chi connectivity index (χ1v) is 14.9. The van der Waals surface area contributed by atoms with Crippen molar-refractivity contribution in [2.24, 2.45) is 50.6 Å². The largest absolute Gasteiger partial charge is 0.462 e. The molecule has 38 heavy (non-hydrogen) atoms. The Morgan fingerprint density at radius 3 is 2.24 bits per heavy atom. The van der Waals surface area contributed by atoms with Gasteiger partial charge in [0.15, 0.2) is 5.78 Å². The quantitative estimate of drug-likeness (QED) is 0.411. The van der Waals surface area contributed by atoms with Crippen LogP contribution in [0.1, 0.15) is 113 Å². The third-order valence-electron chi connectivity index (χ3n) is 13.2. The monoisotopic (exact) mass is 526 g/mol. The number of esters is 1. The van der Waals surface area contributed by atoms with Crippen molar-refractivity contribution in [3.63, 3.8) is 0 Å². The number of nitrogens with one attached hydrogen (secondary N) is 1. The Bertz CT molecular complexity index is 1100. The fourth-order valence-corrected chi connectivity index (χ4v) is 11.0. The maximum Gasteiger partial charge on any atom is 0.312 e. The standard InChI is InChI=1S/C32H50N2O4/c1-19(35)38-24-10-11-30(6)23(27(24,2)3)9-12-32(8)25(30)22(36)17-20-21-18-29(5,34-26(33)37)15-13-28(21,4)14-16-31(20,32)7/h17,21,23-25H,9-16,18H2,1-8H3,(H3,33,34,37)/t21-,23-,24-,25+,28+,29-,30-,31+,32+/m0/s1. The molecule has 4 saturated carbocycles. The number of carbonyl (C=O) groups is 3. The average Bonchev–Trinajstić information content (AvgIpc) is 2.77. The van der Waals surface area contributed by atoms with E-state index < -0.39 is 6.03 Å². The lowest BCUT2D eigenvalue weighted by Crippen LogP contribution is -2.67. The summed E-state index contributed by atoms with van der Waals surface area (Å²) in [5.41, 5.74) is 6.21. The number of ketones is 1. The van der Waals surface area contributed by atoms with Crippen LogP contribution < -0.4 is 11.1 Å². The van der Waals surface area contributed by atoms with E-state index in [0.717, 1.165) is 57.8 Å². The van der Waals surface area contributed by atoms with Crippen molar-refractivity contribution < 1.29 is 19.1 Å². The van der Waals surface area contributed by atoms with Crippen LogP contribution in [0.4, 0.5) is 4.79 Å². The molecule has 3 N–H and O–H groups in total. The lowest BCUT2D eigenvalue weighted by molar-refractivity contribution is -0.210. The zero-order valence-electron chi connectivity index (χ0n) is 25.0. The smallest absolute Gasteiger partial charge is 0.312 e. The number of amides is 2. The summed E-state index contributed by atoms with van der Waals surface area (Å²) in [5.74, 6) is 0.628. The summed E-state index contributed by atoms with van der Waals surface area (Å²) < 4.78 is 5.84. The molecule has 6 heteroatoms. The Hall–Kier alpha value is -1.85. The van der Waals surface area contributed by atoms with Gasteiger partial charge in [-0.1, -0.05) is 47.1 Å². The third kappa shape index (κ3) is 3.67. The van der Waals surface area contributed by atoms with Crippen LogP contribution in [0.15, 0.2) is 11.6 Å². The van der Waals surface area contributed by atoms with Crippen molar-refractivity contribution in [2.75, 3.05) is 0 Å². The van der Waals surface area contributed by atoms with Gasteiger partial charge in [0, 0.05) is 23.8 Å². The normalized spacial score (nSPS) is 49.4. The minimum atomic E-state index is -0.464. The number of urea groups is 1. The van der Waals surface area contributed by atoms with E-state index in [4.69, 9.17) is 10.5 Å². The number of ether oxygens (including phenoxy) is 1. The summed E-state index contributed by atoms with van der Waals surface area (Å²) >= 11 is 0. The number of rotatable bonds is 2. The van der Waals surface area contributed by atoms with Crippen LogP contribution in [0, 0.1) is 44.8 Å². The molecule has 0 radical (unpaired) electrons. The van der Waals surface area contributed by atoms with E-state index in [2.05, 4.69) is 59.9 Å². The maximum atomic E-state index is 14.4. The highest BCUT2D eigenvalue weighted by Gasteiger charge is 2.70. The van der Waals surface area contributed by atoms with E-state index in [1.165, 1.54) is 12.5 Å². The van der Waals surface area contributed by atoms with Crippen molar-refractivity contribution in [3.05, 3.63) is 11.6 Å². The minimum Gasteiger partial charge on any atom is -0.462 e. The average molecular weight is 527 g/mol. The van der Waals surface area contributed by atoms with Gasteiger partial charge >= 0.3 is 12.0 Å². The van der Waals surface area contributed by atoms with E-state index in [0.29, 0.717) is 11.7 Å². The number of allylic oxidation sites excluding steroid dienone is 2. The molecular formula is C32H50N2O4. The van der Waals surface area contributed by atoms with Crippen molar-refractivity contribution in [1.29, 1.82) is 0 Å². The first-order valence-electron chi connectivity index (χ1n) is 14.9. The second-order valence-electron chi connectivity index (χ2n) is 15.7. The Morgan fingerprint density at radius 2 is 1.61 bits per heavy atom. The molecule has 4 fully saturated rings. The van der Waals surface area contributed by atoms with Crippen LogP contribution >= 0.6 is 0 Å². The minimum absolute atomic E-state index is 0.0388. The highest BCUT2D eigenvalue weighted by molar-refractivity contribution is 5.95. The zero-order valence-corrected chi connectivity index (χ0v) is 25.0. The topological polar surface area (TPSA) is 98.5 Å². The molecule has 0 aliphatic heterocycles. The van der Waals surface area contributed by atoms with Gasteiger partial charge in [-0.2, -0.15) is 0 Å². The van der Waals surface area contributed by atoms with E-state index in [1.807, 2.05) is 0 Å². The fourth-order valence-electron chi connectivity index (χ4n) is 11.0. The number of hydrogen-bond acceptors (Lipinski definition) is 4. The Balaban J connectivity index is 1.56. The van der Waals surface area contributed by atoms with Gasteiger partial charge in [-0.15, -0.1) is 0 Å². The molecular weight excluding hydrogens is 476 g/mol. The highest BCUT2D eigenvalue weighted by atomic mass is 16.5.